The molecule has 1 N–H and O–H groups in total. The SMILES string of the molecule is CCCC(C(=O)OCC)C(O)C1CCCCC1. The predicted molar refractivity (Wildman–Crippen MR) is 67.6 cm³/mol. The van der Waals surface area contributed by atoms with Crippen LogP contribution in [0, 0.1) is 11.8 Å². The average Bonchev–Trinajstić information content (AvgIpc) is 2.36. The van der Waals surface area contributed by atoms with E-state index in [1.165, 1.54) is 19.3 Å². The molecule has 0 radical (unpaired) electrons. The van der Waals surface area contributed by atoms with Crippen molar-refractivity contribution in [3.63, 3.8) is 0 Å². The molecule has 3 heteroatoms. The van der Waals surface area contributed by atoms with Crippen molar-refractivity contribution in [2.45, 2.75) is 64.9 Å². The molecule has 0 heterocycles. The van der Waals surface area contributed by atoms with Crippen molar-refractivity contribution in [1.82, 2.24) is 0 Å². The highest BCUT2D eigenvalue weighted by molar-refractivity contribution is 5.73. The van der Waals surface area contributed by atoms with E-state index < -0.39 is 6.10 Å². The molecule has 1 rings (SSSR count). The number of rotatable bonds is 6. The number of esters is 1. The Kier molecular flexibility index (Phi) is 6.56. The van der Waals surface area contributed by atoms with Crippen LogP contribution in [0.1, 0.15) is 58.8 Å². The molecule has 0 aliphatic heterocycles. The third-order valence-corrected chi connectivity index (χ3v) is 3.73. The molecule has 0 bridgehead atoms. The van der Waals surface area contributed by atoms with Gasteiger partial charge in [0.05, 0.1) is 18.6 Å². The molecular weight excluding hydrogens is 216 g/mol. The molecule has 0 aromatic heterocycles. The number of aliphatic hydroxyl groups excluding tert-OH is 1. The van der Waals surface area contributed by atoms with Crippen molar-refractivity contribution in [2.75, 3.05) is 6.61 Å². The van der Waals surface area contributed by atoms with E-state index in [-0.39, 0.29) is 11.9 Å². The molecule has 100 valence electrons. The predicted octanol–water partition coefficient (Wildman–Crippen LogP) is 2.91. The number of hydrogen-bond donors (Lipinski definition) is 1. The fourth-order valence-corrected chi connectivity index (χ4v) is 2.79. The van der Waals surface area contributed by atoms with Gasteiger partial charge in [0.1, 0.15) is 0 Å². The summed E-state index contributed by atoms with van der Waals surface area (Å²) in [6.45, 7) is 4.25. The van der Waals surface area contributed by atoms with Gasteiger partial charge in [-0.1, -0.05) is 32.6 Å². The van der Waals surface area contributed by atoms with Gasteiger partial charge in [0.25, 0.3) is 0 Å². The van der Waals surface area contributed by atoms with Crippen LogP contribution in [0.25, 0.3) is 0 Å². The fourth-order valence-electron chi connectivity index (χ4n) is 2.79. The first kappa shape index (κ1) is 14.5. The molecule has 0 saturated heterocycles. The smallest absolute Gasteiger partial charge is 0.311 e. The largest absolute Gasteiger partial charge is 0.466 e. The molecule has 2 unspecified atom stereocenters. The second-order valence-electron chi connectivity index (χ2n) is 5.04. The maximum Gasteiger partial charge on any atom is 0.311 e. The van der Waals surface area contributed by atoms with Crippen molar-refractivity contribution >= 4 is 5.97 Å². The normalized spacial score (nSPS) is 20.9. The Balaban J connectivity index is 2.57. The first-order valence-electron chi connectivity index (χ1n) is 7.05. The lowest BCUT2D eigenvalue weighted by molar-refractivity contribution is -0.154. The molecule has 17 heavy (non-hydrogen) atoms. The first-order valence-corrected chi connectivity index (χ1v) is 7.05. The second kappa shape index (κ2) is 7.70. The molecule has 0 amide bonds. The van der Waals surface area contributed by atoms with Gasteiger partial charge in [0.2, 0.25) is 0 Å². The molecule has 3 nitrogen and oxygen atoms in total. The van der Waals surface area contributed by atoms with E-state index in [0.717, 1.165) is 25.7 Å². The highest BCUT2D eigenvalue weighted by atomic mass is 16.5. The van der Waals surface area contributed by atoms with Crippen molar-refractivity contribution in [3.8, 4) is 0 Å². The van der Waals surface area contributed by atoms with Gasteiger partial charge in [-0.3, -0.25) is 4.79 Å². The molecule has 1 saturated carbocycles. The van der Waals surface area contributed by atoms with Gasteiger partial charge in [0, 0.05) is 0 Å². The number of carbonyl (C=O) groups is 1. The minimum Gasteiger partial charge on any atom is -0.466 e. The Hall–Kier alpha value is -0.570. The van der Waals surface area contributed by atoms with E-state index in [1.807, 2.05) is 13.8 Å². The number of aliphatic hydroxyl groups is 1. The Labute approximate surface area is 105 Å². The van der Waals surface area contributed by atoms with Crippen LogP contribution < -0.4 is 0 Å². The second-order valence-corrected chi connectivity index (χ2v) is 5.04. The van der Waals surface area contributed by atoms with Crippen LogP contribution in [0.5, 0.6) is 0 Å². The fraction of sp³-hybridized carbons (Fsp3) is 0.929. The van der Waals surface area contributed by atoms with Crippen LogP contribution in [-0.2, 0) is 9.53 Å². The van der Waals surface area contributed by atoms with E-state index in [9.17, 15) is 9.90 Å². The summed E-state index contributed by atoms with van der Waals surface area (Å²) in [5.41, 5.74) is 0. The van der Waals surface area contributed by atoms with E-state index in [2.05, 4.69) is 0 Å². The lowest BCUT2D eigenvalue weighted by atomic mass is 9.79. The van der Waals surface area contributed by atoms with E-state index in [0.29, 0.717) is 12.5 Å². The van der Waals surface area contributed by atoms with Crippen LogP contribution in [0.15, 0.2) is 0 Å². The summed E-state index contributed by atoms with van der Waals surface area (Å²) in [6.07, 6.45) is 6.88. The molecule has 1 aliphatic carbocycles. The summed E-state index contributed by atoms with van der Waals surface area (Å²) in [6, 6.07) is 0. The minimum atomic E-state index is -0.505. The summed E-state index contributed by atoms with van der Waals surface area (Å²) in [5, 5.41) is 10.4. The number of hydrogen-bond acceptors (Lipinski definition) is 3. The minimum absolute atomic E-state index is 0.215. The monoisotopic (exact) mass is 242 g/mol. The topological polar surface area (TPSA) is 46.5 Å². The van der Waals surface area contributed by atoms with Crippen LogP contribution in [0.2, 0.25) is 0 Å². The molecule has 0 aromatic rings. The Morgan fingerprint density at radius 1 is 1.29 bits per heavy atom. The zero-order valence-electron chi connectivity index (χ0n) is 11.2. The third-order valence-electron chi connectivity index (χ3n) is 3.73. The molecule has 0 spiro atoms. The Morgan fingerprint density at radius 3 is 2.47 bits per heavy atom. The van der Waals surface area contributed by atoms with Gasteiger partial charge >= 0.3 is 5.97 Å². The van der Waals surface area contributed by atoms with Crippen LogP contribution >= 0.6 is 0 Å². The van der Waals surface area contributed by atoms with Gasteiger partial charge in [0.15, 0.2) is 0 Å². The van der Waals surface area contributed by atoms with Crippen molar-refractivity contribution in [1.29, 1.82) is 0 Å². The van der Waals surface area contributed by atoms with E-state index >= 15 is 0 Å². The summed E-state index contributed by atoms with van der Waals surface area (Å²) < 4.78 is 5.07. The first-order chi connectivity index (χ1) is 8.20. The summed E-state index contributed by atoms with van der Waals surface area (Å²) >= 11 is 0. The standard InChI is InChI=1S/C14H26O3/c1-3-8-12(14(16)17-4-2)13(15)11-9-6-5-7-10-11/h11-13,15H,3-10H2,1-2H3. The van der Waals surface area contributed by atoms with Crippen molar-refractivity contribution in [2.24, 2.45) is 11.8 Å². The zero-order chi connectivity index (χ0) is 12.7. The van der Waals surface area contributed by atoms with Crippen molar-refractivity contribution in [3.05, 3.63) is 0 Å². The third kappa shape index (κ3) is 4.30. The average molecular weight is 242 g/mol. The number of carbonyl (C=O) groups excluding carboxylic acids is 1. The van der Waals surface area contributed by atoms with Gasteiger partial charge in [-0.05, 0) is 32.1 Å². The summed E-state index contributed by atoms with van der Waals surface area (Å²) in [5.74, 6) is -0.236. The van der Waals surface area contributed by atoms with Crippen LogP contribution in [0.4, 0.5) is 0 Å². The zero-order valence-corrected chi connectivity index (χ0v) is 11.2. The molecule has 2 atom stereocenters. The highest BCUT2D eigenvalue weighted by Gasteiger charge is 2.33. The van der Waals surface area contributed by atoms with Gasteiger partial charge in [-0.25, -0.2) is 0 Å². The molecule has 1 aliphatic rings. The molecular formula is C14H26O3. The highest BCUT2D eigenvalue weighted by Crippen LogP contribution is 2.31. The van der Waals surface area contributed by atoms with Gasteiger partial charge in [-0.2, -0.15) is 0 Å². The van der Waals surface area contributed by atoms with Crippen LogP contribution in [0.3, 0.4) is 0 Å². The summed E-state index contributed by atoms with van der Waals surface area (Å²) in [4.78, 5) is 11.8. The lowest BCUT2D eigenvalue weighted by Gasteiger charge is -2.31. The van der Waals surface area contributed by atoms with E-state index in [4.69, 9.17) is 4.74 Å². The Bertz CT molecular complexity index is 222. The molecule has 0 aromatic carbocycles. The maximum atomic E-state index is 11.8. The maximum absolute atomic E-state index is 11.8. The van der Waals surface area contributed by atoms with Gasteiger partial charge < -0.3 is 9.84 Å². The van der Waals surface area contributed by atoms with Crippen LogP contribution in [-0.4, -0.2) is 23.8 Å². The Morgan fingerprint density at radius 2 is 1.94 bits per heavy atom. The summed E-state index contributed by atoms with van der Waals surface area (Å²) in [7, 11) is 0. The quantitative estimate of drug-likeness (QED) is 0.728. The lowest BCUT2D eigenvalue weighted by Crippen LogP contribution is -2.36. The van der Waals surface area contributed by atoms with E-state index in [1.54, 1.807) is 0 Å². The molecule has 1 fully saturated rings. The number of ether oxygens (including phenoxy) is 1. The van der Waals surface area contributed by atoms with Gasteiger partial charge in [-0.15, -0.1) is 0 Å². The van der Waals surface area contributed by atoms with Crippen molar-refractivity contribution < 1.29 is 14.6 Å².